The number of aryl methyl sites for hydroxylation is 1. The molecule has 0 atom stereocenters. The zero-order valence-electron chi connectivity index (χ0n) is 13.4. The van der Waals surface area contributed by atoms with Crippen LogP contribution in [-0.2, 0) is 10.5 Å². The number of thioether (sulfide) groups is 1. The lowest BCUT2D eigenvalue weighted by molar-refractivity contribution is -0.119. The molecule has 0 aromatic carbocycles. The van der Waals surface area contributed by atoms with Crippen molar-refractivity contribution >= 4 is 23.3 Å². The van der Waals surface area contributed by atoms with Crippen molar-refractivity contribution < 1.29 is 9.90 Å². The molecule has 2 aromatic rings. The average molecular weight is 333 g/mol. The molecule has 124 valence electrons. The number of aromatic nitrogens is 2. The highest BCUT2D eigenvalue weighted by Crippen LogP contribution is 2.28. The molecule has 2 aromatic heterocycles. The molecule has 0 radical (unpaired) electrons. The van der Waals surface area contributed by atoms with E-state index >= 15 is 0 Å². The van der Waals surface area contributed by atoms with Gasteiger partial charge in [-0.05, 0) is 31.4 Å². The van der Waals surface area contributed by atoms with Crippen molar-refractivity contribution in [3.05, 3.63) is 35.8 Å². The third-order valence-corrected chi connectivity index (χ3v) is 5.25. The number of hydrogen-bond donors (Lipinski definition) is 2. The van der Waals surface area contributed by atoms with E-state index in [1.54, 1.807) is 11.8 Å². The van der Waals surface area contributed by atoms with Crippen molar-refractivity contribution in [2.24, 2.45) is 0 Å². The predicted octanol–water partition coefficient (Wildman–Crippen LogP) is 2.30. The Balaban J connectivity index is 1.43. The molecular weight excluding hydrogens is 310 g/mol. The van der Waals surface area contributed by atoms with Crippen LogP contribution in [0.2, 0.25) is 0 Å². The smallest absolute Gasteiger partial charge is 0.230 e. The second-order valence-electron chi connectivity index (χ2n) is 6.41. The van der Waals surface area contributed by atoms with Gasteiger partial charge >= 0.3 is 0 Å². The summed E-state index contributed by atoms with van der Waals surface area (Å²) in [6, 6.07) is 4.04. The molecule has 0 bridgehead atoms. The Hall–Kier alpha value is -1.53. The van der Waals surface area contributed by atoms with Crippen LogP contribution in [0, 0.1) is 6.92 Å². The van der Waals surface area contributed by atoms with Gasteiger partial charge in [-0.15, -0.1) is 11.8 Å². The molecule has 0 unspecified atom stereocenters. The molecule has 1 aliphatic carbocycles. The first-order chi connectivity index (χ1) is 11.0. The van der Waals surface area contributed by atoms with Crippen LogP contribution in [-0.4, -0.2) is 38.3 Å². The van der Waals surface area contributed by atoms with E-state index < -0.39 is 5.60 Å². The normalized spacial score (nSPS) is 16.8. The lowest BCUT2D eigenvalue weighted by Gasteiger charge is -2.22. The number of fused-ring (bicyclic) bond motifs is 1. The molecule has 23 heavy (non-hydrogen) atoms. The van der Waals surface area contributed by atoms with E-state index in [1.165, 1.54) is 5.56 Å². The number of aliphatic hydroxyl groups is 1. The molecule has 1 fully saturated rings. The number of nitrogens with one attached hydrogen (secondary N) is 1. The first-order valence-electron chi connectivity index (χ1n) is 8.05. The van der Waals surface area contributed by atoms with Gasteiger partial charge in [0.15, 0.2) is 0 Å². The van der Waals surface area contributed by atoms with Gasteiger partial charge in [0.25, 0.3) is 0 Å². The van der Waals surface area contributed by atoms with E-state index in [1.807, 2.05) is 28.9 Å². The largest absolute Gasteiger partial charge is 0.388 e. The number of amides is 1. The highest BCUT2D eigenvalue weighted by molar-refractivity contribution is 7.99. The number of carbonyl (C=O) groups excluding carboxylic acids is 1. The van der Waals surface area contributed by atoms with Gasteiger partial charge in [0, 0.05) is 24.7 Å². The molecule has 1 amide bonds. The molecule has 1 saturated carbocycles. The zero-order chi connectivity index (χ0) is 16.3. The van der Waals surface area contributed by atoms with Crippen molar-refractivity contribution in [3.8, 4) is 0 Å². The fourth-order valence-corrected chi connectivity index (χ4v) is 3.74. The van der Waals surface area contributed by atoms with Crippen LogP contribution in [0.4, 0.5) is 0 Å². The minimum absolute atomic E-state index is 0.0186. The third-order valence-electron chi connectivity index (χ3n) is 4.28. The Morgan fingerprint density at radius 1 is 1.39 bits per heavy atom. The van der Waals surface area contributed by atoms with Crippen LogP contribution in [0.15, 0.2) is 24.5 Å². The Morgan fingerprint density at radius 2 is 2.17 bits per heavy atom. The fraction of sp³-hybridized carbons (Fsp3) is 0.529. The molecule has 0 aliphatic heterocycles. The van der Waals surface area contributed by atoms with Crippen molar-refractivity contribution in [2.75, 3.05) is 12.3 Å². The predicted molar refractivity (Wildman–Crippen MR) is 92.5 cm³/mol. The highest BCUT2D eigenvalue weighted by atomic mass is 32.2. The van der Waals surface area contributed by atoms with E-state index in [4.69, 9.17) is 0 Å². The summed E-state index contributed by atoms with van der Waals surface area (Å²) >= 11 is 1.55. The van der Waals surface area contributed by atoms with Crippen LogP contribution in [0.5, 0.6) is 0 Å². The van der Waals surface area contributed by atoms with E-state index in [9.17, 15) is 9.90 Å². The molecule has 3 rings (SSSR count). The first kappa shape index (κ1) is 16.3. The monoisotopic (exact) mass is 333 g/mol. The Bertz CT molecular complexity index is 692. The van der Waals surface area contributed by atoms with Crippen LogP contribution < -0.4 is 5.32 Å². The summed E-state index contributed by atoms with van der Waals surface area (Å²) in [6.45, 7) is 2.43. The van der Waals surface area contributed by atoms with Gasteiger partial charge in [0.05, 0.1) is 17.0 Å². The van der Waals surface area contributed by atoms with E-state index in [2.05, 4.69) is 17.2 Å². The van der Waals surface area contributed by atoms with Gasteiger partial charge in [0.2, 0.25) is 5.91 Å². The maximum atomic E-state index is 11.9. The molecular formula is C17H23N3O2S. The lowest BCUT2D eigenvalue weighted by Crippen LogP contribution is -2.41. The summed E-state index contributed by atoms with van der Waals surface area (Å²) in [5.41, 5.74) is 2.42. The average Bonchev–Trinajstić information content (AvgIpc) is 3.11. The number of imidazole rings is 1. The maximum absolute atomic E-state index is 11.9. The summed E-state index contributed by atoms with van der Waals surface area (Å²) < 4.78 is 2.01. The molecule has 5 nitrogen and oxygen atoms in total. The van der Waals surface area contributed by atoms with Crippen LogP contribution >= 0.6 is 11.8 Å². The van der Waals surface area contributed by atoms with Gasteiger partial charge < -0.3 is 14.8 Å². The first-order valence-corrected chi connectivity index (χ1v) is 9.21. The van der Waals surface area contributed by atoms with Crippen molar-refractivity contribution in [2.45, 2.75) is 44.0 Å². The maximum Gasteiger partial charge on any atom is 0.230 e. The Kier molecular flexibility index (Phi) is 4.92. The van der Waals surface area contributed by atoms with E-state index in [0.29, 0.717) is 18.1 Å². The minimum Gasteiger partial charge on any atom is -0.388 e. The highest BCUT2D eigenvalue weighted by Gasteiger charge is 2.31. The van der Waals surface area contributed by atoms with Gasteiger partial charge in [-0.3, -0.25) is 4.79 Å². The second kappa shape index (κ2) is 6.93. The molecule has 2 N–H and O–H groups in total. The topological polar surface area (TPSA) is 66.6 Å². The standard InChI is InChI=1S/C17H23N3O2S/c1-13-4-5-15-19-14(9-20(15)8-13)10-23-11-16(21)18-12-17(22)6-2-3-7-17/h4-5,8-9,22H,2-3,6-7,10-12H2,1H3,(H,18,21). The summed E-state index contributed by atoms with van der Waals surface area (Å²) in [4.78, 5) is 16.4. The summed E-state index contributed by atoms with van der Waals surface area (Å²) in [5, 5.41) is 13.1. The third kappa shape index (κ3) is 4.26. The zero-order valence-corrected chi connectivity index (χ0v) is 14.2. The van der Waals surface area contributed by atoms with Crippen molar-refractivity contribution in [3.63, 3.8) is 0 Å². The summed E-state index contributed by atoms with van der Waals surface area (Å²) in [6.07, 6.45) is 7.74. The Morgan fingerprint density at radius 3 is 2.96 bits per heavy atom. The van der Waals surface area contributed by atoms with Crippen LogP contribution in [0.1, 0.15) is 36.9 Å². The van der Waals surface area contributed by atoms with Crippen molar-refractivity contribution in [1.82, 2.24) is 14.7 Å². The van der Waals surface area contributed by atoms with Gasteiger partial charge in [-0.2, -0.15) is 0 Å². The SMILES string of the molecule is Cc1ccc2nc(CSCC(=O)NCC3(O)CCCC3)cn2c1. The number of rotatable bonds is 6. The molecule has 2 heterocycles. The van der Waals surface area contributed by atoms with E-state index in [0.717, 1.165) is 37.0 Å². The van der Waals surface area contributed by atoms with E-state index in [-0.39, 0.29) is 5.91 Å². The van der Waals surface area contributed by atoms with Gasteiger partial charge in [-0.25, -0.2) is 4.98 Å². The minimum atomic E-state index is -0.681. The van der Waals surface area contributed by atoms with Crippen LogP contribution in [0.25, 0.3) is 5.65 Å². The second-order valence-corrected chi connectivity index (χ2v) is 7.39. The number of hydrogen-bond acceptors (Lipinski definition) is 4. The fourth-order valence-electron chi connectivity index (χ4n) is 3.00. The van der Waals surface area contributed by atoms with Gasteiger partial charge in [0.1, 0.15) is 5.65 Å². The molecule has 0 saturated heterocycles. The summed E-state index contributed by atoms with van der Waals surface area (Å²) in [7, 11) is 0. The Labute approximate surface area is 140 Å². The van der Waals surface area contributed by atoms with Gasteiger partial charge in [-0.1, -0.05) is 18.9 Å². The lowest BCUT2D eigenvalue weighted by atomic mass is 10.0. The number of nitrogens with zero attached hydrogens (tertiary/aromatic N) is 2. The molecule has 0 spiro atoms. The van der Waals surface area contributed by atoms with Crippen LogP contribution in [0.3, 0.4) is 0 Å². The number of pyridine rings is 1. The molecule has 6 heteroatoms. The molecule has 1 aliphatic rings. The number of carbonyl (C=O) groups is 1. The summed E-state index contributed by atoms with van der Waals surface area (Å²) in [5.74, 6) is 1.08. The van der Waals surface area contributed by atoms with Crippen molar-refractivity contribution in [1.29, 1.82) is 0 Å². The quantitative estimate of drug-likeness (QED) is 0.851.